The first-order valence-corrected chi connectivity index (χ1v) is 8.64. The molecule has 0 aliphatic rings. The van der Waals surface area contributed by atoms with E-state index in [9.17, 15) is 9.59 Å². The van der Waals surface area contributed by atoms with Gasteiger partial charge < -0.3 is 19.1 Å². The molecule has 6 heteroatoms. The summed E-state index contributed by atoms with van der Waals surface area (Å²) >= 11 is 0. The smallest absolute Gasteiger partial charge is 0.310 e. The molecule has 0 saturated carbocycles. The Labute approximate surface area is 150 Å². The number of amides is 1. The van der Waals surface area contributed by atoms with Crippen LogP contribution in [0, 0.1) is 5.92 Å². The van der Waals surface area contributed by atoms with Gasteiger partial charge in [0.25, 0.3) is 5.91 Å². The fourth-order valence-electron chi connectivity index (χ4n) is 2.40. The largest absolute Gasteiger partial charge is 0.497 e. The summed E-state index contributed by atoms with van der Waals surface area (Å²) in [7, 11) is 2.93. The van der Waals surface area contributed by atoms with Crippen LogP contribution in [0.1, 0.15) is 33.1 Å². The van der Waals surface area contributed by atoms with E-state index in [2.05, 4.69) is 6.92 Å². The Morgan fingerprint density at radius 3 is 2.52 bits per heavy atom. The maximum Gasteiger partial charge on any atom is 0.310 e. The van der Waals surface area contributed by atoms with E-state index in [4.69, 9.17) is 14.2 Å². The lowest BCUT2D eigenvalue weighted by Gasteiger charge is -2.25. The lowest BCUT2D eigenvalue weighted by molar-refractivity contribution is -0.146. The third-order valence-electron chi connectivity index (χ3n) is 3.89. The molecule has 1 aromatic carbocycles. The summed E-state index contributed by atoms with van der Waals surface area (Å²) in [5, 5.41) is 0. The predicted octanol–water partition coefficient (Wildman–Crippen LogP) is 2.90. The molecule has 0 radical (unpaired) electrons. The molecule has 1 atom stereocenters. The second kappa shape index (κ2) is 11.3. The highest BCUT2D eigenvalue weighted by atomic mass is 16.5. The normalized spacial score (nSPS) is 11.5. The summed E-state index contributed by atoms with van der Waals surface area (Å²) in [5.74, 6) is 0.412. The summed E-state index contributed by atoms with van der Waals surface area (Å²) in [6.45, 7) is 4.73. The van der Waals surface area contributed by atoms with Crippen LogP contribution < -0.4 is 9.47 Å². The molecular weight excluding hydrogens is 322 g/mol. The summed E-state index contributed by atoms with van der Waals surface area (Å²) in [6.07, 6.45) is 3.00. The number of rotatable bonds is 11. The van der Waals surface area contributed by atoms with Crippen LogP contribution >= 0.6 is 0 Å². The SMILES string of the molecule is CCCCCN(CC(C)C(=O)OC)C(=O)COc1cccc(OC)c1. The fourth-order valence-corrected chi connectivity index (χ4v) is 2.40. The van der Waals surface area contributed by atoms with Crippen molar-refractivity contribution in [2.45, 2.75) is 33.1 Å². The molecule has 0 heterocycles. The Kier molecular flexibility index (Phi) is 9.43. The van der Waals surface area contributed by atoms with Crippen LogP contribution in [-0.2, 0) is 14.3 Å². The summed E-state index contributed by atoms with van der Waals surface area (Å²) in [4.78, 5) is 25.9. The molecule has 0 aliphatic heterocycles. The molecule has 0 bridgehead atoms. The van der Waals surface area contributed by atoms with Crippen molar-refractivity contribution < 1.29 is 23.8 Å². The van der Waals surface area contributed by atoms with Gasteiger partial charge in [0.1, 0.15) is 11.5 Å². The third-order valence-corrected chi connectivity index (χ3v) is 3.89. The maximum atomic E-state index is 12.5. The first kappa shape index (κ1) is 20.8. The molecule has 0 N–H and O–H groups in total. The molecule has 140 valence electrons. The lowest BCUT2D eigenvalue weighted by Crippen LogP contribution is -2.40. The lowest BCUT2D eigenvalue weighted by atomic mass is 10.1. The Morgan fingerprint density at radius 1 is 1.16 bits per heavy atom. The van der Waals surface area contributed by atoms with Crippen LogP contribution in [0.3, 0.4) is 0 Å². The number of hydrogen-bond donors (Lipinski definition) is 0. The summed E-state index contributed by atoms with van der Waals surface area (Å²) < 4.78 is 15.5. The van der Waals surface area contributed by atoms with Gasteiger partial charge in [0.2, 0.25) is 0 Å². The number of methoxy groups -OCH3 is 2. The van der Waals surface area contributed by atoms with Gasteiger partial charge in [0, 0.05) is 19.2 Å². The zero-order valence-corrected chi connectivity index (χ0v) is 15.6. The van der Waals surface area contributed by atoms with Crippen LogP contribution in [0.5, 0.6) is 11.5 Å². The molecule has 6 nitrogen and oxygen atoms in total. The van der Waals surface area contributed by atoms with E-state index in [0.717, 1.165) is 19.3 Å². The highest BCUT2D eigenvalue weighted by Crippen LogP contribution is 2.19. The predicted molar refractivity (Wildman–Crippen MR) is 95.8 cm³/mol. The van der Waals surface area contributed by atoms with E-state index in [1.807, 2.05) is 6.07 Å². The van der Waals surface area contributed by atoms with Crippen molar-refractivity contribution in [1.29, 1.82) is 0 Å². The summed E-state index contributed by atoms with van der Waals surface area (Å²) in [5.41, 5.74) is 0. The van der Waals surface area contributed by atoms with Crippen molar-refractivity contribution in [2.75, 3.05) is 33.9 Å². The molecule has 1 unspecified atom stereocenters. The van der Waals surface area contributed by atoms with Gasteiger partial charge in [-0.3, -0.25) is 9.59 Å². The van der Waals surface area contributed by atoms with E-state index in [1.165, 1.54) is 7.11 Å². The number of carbonyl (C=O) groups excluding carboxylic acids is 2. The van der Waals surface area contributed by atoms with Crippen LogP contribution in [0.15, 0.2) is 24.3 Å². The second-order valence-corrected chi connectivity index (χ2v) is 5.94. The van der Waals surface area contributed by atoms with Crippen molar-refractivity contribution in [1.82, 2.24) is 4.90 Å². The number of unbranched alkanes of at least 4 members (excludes halogenated alkanes) is 2. The quantitative estimate of drug-likeness (QED) is 0.453. The van der Waals surface area contributed by atoms with Crippen LogP contribution in [0.25, 0.3) is 0 Å². The molecular formula is C19H29NO5. The molecule has 0 spiro atoms. The van der Waals surface area contributed by atoms with Gasteiger partial charge in [-0.2, -0.15) is 0 Å². The standard InChI is InChI=1S/C19H29NO5/c1-5-6-7-11-20(13-15(2)19(22)24-4)18(21)14-25-17-10-8-9-16(12-17)23-3/h8-10,12,15H,5-7,11,13-14H2,1-4H3. The van der Waals surface area contributed by atoms with Gasteiger partial charge in [0.15, 0.2) is 6.61 Å². The van der Waals surface area contributed by atoms with E-state index in [-0.39, 0.29) is 24.4 Å². The van der Waals surface area contributed by atoms with Crippen LogP contribution in [0.2, 0.25) is 0 Å². The van der Waals surface area contributed by atoms with Gasteiger partial charge in [-0.05, 0) is 18.6 Å². The molecule has 0 saturated heterocycles. The minimum absolute atomic E-state index is 0.0762. The van der Waals surface area contributed by atoms with Crippen LogP contribution in [-0.4, -0.2) is 50.7 Å². The van der Waals surface area contributed by atoms with E-state index >= 15 is 0 Å². The maximum absolute atomic E-state index is 12.5. The topological polar surface area (TPSA) is 65.1 Å². The van der Waals surface area contributed by atoms with E-state index in [1.54, 1.807) is 37.1 Å². The average Bonchev–Trinajstić information content (AvgIpc) is 2.64. The van der Waals surface area contributed by atoms with Gasteiger partial charge in [0.05, 0.1) is 20.1 Å². The number of ether oxygens (including phenoxy) is 3. The van der Waals surface area contributed by atoms with Crippen molar-refractivity contribution >= 4 is 11.9 Å². The first-order chi connectivity index (χ1) is 12.0. The van der Waals surface area contributed by atoms with Crippen LogP contribution in [0.4, 0.5) is 0 Å². The van der Waals surface area contributed by atoms with Crippen molar-refractivity contribution in [3.8, 4) is 11.5 Å². The van der Waals surface area contributed by atoms with Crippen molar-refractivity contribution in [2.24, 2.45) is 5.92 Å². The molecule has 1 aromatic rings. The zero-order valence-electron chi connectivity index (χ0n) is 15.6. The number of benzene rings is 1. The van der Waals surface area contributed by atoms with Crippen molar-refractivity contribution in [3.63, 3.8) is 0 Å². The van der Waals surface area contributed by atoms with E-state index in [0.29, 0.717) is 24.6 Å². The molecule has 1 amide bonds. The Bertz CT molecular complexity index is 546. The summed E-state index contributed by atoms with van der Waals surface area (Å²) in [6, 6.07) is 7.11. The first-order valence-electron chi connectivity index (χ1n) is 8.64. The van der Waals surface area contributed by atoms with Crippen molar-refractivity contribution in [3.05, 3.63) is 24.3 Å². The average molecular weight is 351 g/mol. The minimum atomic E-state index is -0.368. The minimum Gasteiger partial charge on any atom is -0.497 e. The molecule has 0 aromatic heterocycles. The van der Waals surface area contributed by atoms with Gasteiger partial charge in [-0.1, -0.05) is 32.8 Å². The zero-order chi connectivity index (χ0) is 18.7. The fraction of sp³-hybridized carbons (Fsp3) is 0.579. The van der Waals surface area contributed by atoms with E-state index < -0.39 is 0 Å². The number of nitrogens with zero attached hydrogens (tertiary/aromatic N) is 1. The Morgan fingerprint density at radius 2 is 1.88 bits per heavy atom. The van der Waals surface area contributed by atoms with Gasteiger partial charge in [-0.25, -0.2) is 0 Å². The van der Waals surface area contributed by atoms with Gasteiger partial charge >= 0.3 is 5.97 Å². The number of esters is 1. The second-order valence-electron chi connectivity index (χ2n) is 5.94. The highest BCUT2D eigenvalue weighted by Gasteiger charge is 2.21. The highest BCUT2D eigenvalue weighted by molar-refractivity contribution is 5.79. The number of hydrogen-bond acceptors (Lipinski definition) is 5. The molecule has 0 fully saturated rings. The Hall–Kier alpha value is -2.24. The molecule has 25 heavy (non-hydrogen) atoms. The third kappa shape index (κ3) is 7.45. The Balaban J connectivity index is 2.64. The molecule has 1 rings (SSSR count). The number of carbonyl (C=O) groups is 2. The molecule has 0 aliphatic carbocycles. The van der Waals surface area contributed by atoms with Gasteiger partial charge in [-0.15, -0.1) is 0 Å². The monoisotopic (exact) mass is 351 g/mol.